The molecule has 156 valence electrons. The maximum atomic E-state index is 12.2. The average Bonchev–Trinajstić information content (AvgIpc) is 2.73. The van der Waals surface area contributed by atoms with Crippen LogP contribution in [0.1, 0.15) is 88.7 Å². The van der Waals surface area contributed by atoms with Crippen LogP contribution < -0.4 is 11.1 Å². The minimum absolute atomic E-state index is 0.116. The molecule has 0 aliphatic rings. The van der Waals surface area contributed by atoms with Gasteiger partial charge in [0.25, 0.3) is 5.91 Å². The molecular weight excluding hydrogens is 350 g/mol. The van der Waals surface area contributed by atoms with E-state index < -0.39 is 0 Å². The molecule has 0 spiro atoms. The van der Waals surface area contributed by atoms with Gasteiger partial charge in [-0.05, 0) is 24.3 Å². The highest BCUT2D eigenvalue weighted by atomic mass is 16.1. The van der Waals surface area contributed by atoms with Gasteiger partial charge in [0.15, 0.2) is 0 Å². The molecule has 28 heavy (non-hydrogen) atoms. The highest BCUT2D eigenvalue weighted by molar-refractivity contribution is 6.06. The maximum absolute atomic E-state index is 12.2. The molecule has 1 amide bonds. The monoisotopic (exact) mass is 387 g/mol. The summed E-state index contributed by atoms with van der Waals surface area (Å²) in [5, 5.41) is 2.71. The summed E-state index contributed by atoms with van der Waals surface area (Å²) in [5.74, 6) is -0.0620. The van der Waals surface area contributed by atoms with Gasteiger partial charge in [-0.3, -0.25) is 9.59 Å². The number of nitrogens with one attached hydrogen (secondary N) is 1. The van der Waals surface area contributed by atoms with E-state index in [1.165, 1.54) is 6.07 Å². The minimum atomic E-state index is -0.333. The number of carbonyl (C=O) groups is 2. The van der Waals surface area contributed by atoms with Gasteiger partial charge in [-0.2, -0.15) is 0 Å². The van der Waals surface area contributed by atoms with Crippen molar-refractivity contribution < 1.29 is 9.59 Å². The lowest BCUT2D eigenvalue weighted by Gasteiger charge is -2.19. The van der Waals surface area contributed by atoms with Crippen molar-refractivity contribution in [3.05, 3.63) is 53.2 Å². The van der Waals surface area contributed by atoms with Gasteiger partial charge in [0, 0.05) is 22.2 Å². The van der Waals surface area contributed by atoms with Gasteiger partial charge < -0.3 is 11.1 Å². The summed E-state index contributed by atoms with van der Waals surface area (Å²) < 4.78 is 0. The molecule has 5 heteroatoms. The van der Waals surface area contributed by atoms with E-state index in [1.54, 1.807) is 24.3 Å². The van der Waals surface area contributed by atoms with Gasteiger partial charge in [-0.1, -0.05) is 74.4 Å². The Hall–Kier alpha value is -2.69. The summed E-state index contributed by atoms with van der Waals surface area (Å²) in [4.78, 5) is 27.3. The molecule has 0 fully saturated rings. The van der Waals surface area contributed by atoms with E-state index in [0.717, 1.165) is 5.69 Å². The van der Waals surface area contributed by atoms with Crippen molar-refractivity contribution in [3.8, 4) is 0 Å². The molecule has 0 aliphatic heterocycles. The molecule has 5 nitrogen and oxygen atoms in total. The predicted octanol–water partition coefficient (Wildman–Crippen LogP) is 6.10. The van der Waals surface area contributed by atoms with Crippen LogP contribution in [-0.4, -0.2) is 17.2 Å². The molecule has 0 saturated heterocycles. The number of hydrogen-bond donors (Lipinski definition) is 2. The number of nitrogens with two attached hydrogens (primary N) is 1. The number of carbonyl (C=O) groups excluding carboxylic acids is 2. The molecule has 0 radical (unpaired) electrons. The van der Waals surface area contributed by atoms with Gasteiger partial charge in [0.2, 0.25) is 0 Å². The Labute approximate surface area is 170 Å². The molecule has 2 aromatic rings. The van der Waals surface area contributed by atoms with Crippen molar-refractivity contribution in [2.24, 2.45) is 0 Å². The second-order valence-corrected chi connectivity index (χ2v) is 6.08. The topological polar surface area (TPSA) is 85.1 Å². The molecule has 0 saturated carbocycles. The molecule has 0 atom stereocenters. The summed E-state index contributed by atoms with van der Waals surface area (Å²) >= 11 is 0. The largest absolute Gasteiger partial charge is 0.382 e. The number of rotatable bonds is 3. The molecular formula is C23H37N3O2. The van der Waals surface area contributed by atoms with Gasteiger partial charge in [-0.15, -0.1) is 0 Å². The lowest BCUT2D eigenvalue weighted by Crippen LogP contribution is -2.17. The molecule has 0 aliphatic carbocycles. The van der Waals surface area contributed by atoms with Crippen molar-refractivity contribution >= 4 is 23.7 Å². The Bertz CT molecular complexity index is 720. The van der Waals surface area contributed by atoms with Crippen molar-refractivity contribution in [2.45, 2.75) is 67.7 Å². The number of benzene rings is 1. The number of nitrogens with zero attached hydrogens (tertiary/aromatic N) is 1. The Kier molecular flexibility index (Phi) is 14.1. The number of aldehydes is 1. The first kappa shape index (κ1) is 27.5. The zero-order chi connectivity index (χ0) is 22.3. The minimum Gasteiger partial charge on any atom is -0.382 e. The first-order valence-electron chi connectivity index (χ1n) is 9.95. The van der Waals surface area contributed by atoms with E-state index in [1.807, 2.05) is 68.4 Å². The van der Waals surface area contributed by atoms with Crippen LogP contribution in [0.4, 0.5) is 11.5 Å². The van der Waals surface area contributed by atoms with Crippen molar-refractivity contribution in [3.63, 3.8) is 0 Å². The van der Waals surface area contributed by atoms with Crippen molar-refractivity contribution in [1.82, 2.24) is 4.98 Å². The Morgan fingerprint density at radius 2 is 1.57 bits per heavy atom. The predicted molar refractivity (Wildman–Crippen MR) is 121 cm³/mol. The Balaban J connectivity index is 0. The Morgan fingerprint density at radius 1 is 1.00 bits per heavy atom. The first-order valence-corrected chi connectivity index (χ1v) is 9.95. The third-order valence-electron chi connectivity index (χ3n) is 3.23. The summed E-state index contributed by atoms with van der Waals surface area (Å²) in [5.41, 5.74) is 7.95. The van der Waals surface area contributed by atoms with E-state index >= 15 is 0 Å². The Morgan fingerprint density at radius 3 is 2.04 bits per heavy atom. The lowest BCUT2D eigenvalue weighted by molar-refractivity contribution is 0.102. The third-order valence-corrected chi connectivity index (χ3v) is 3.23. The normalized spacial score (nSPS) is 9.32. The third kappa shape index (κ3) is 8.80. The molecule has 0 bridgehead atoms. The van der Waals surface area contributed by atoms with E-state index in [-0.39, 0.29) is 17.1 Å². The van der Waals surface area contributed by atoms with Crippen LogP contribution in [0.15, 0.2) is 36.4 Å². The smallest absolute Gasteiger partial charge is 0.255 e. The number of aromatic nitrogens is 1. The van der Waals surface area contributed by atoms with E-state index in [0.29, 0.717) is 23.1 Å². The lowest BCUT2D eigenvalue weighted by atomic mass is 9.91. The molecule has 2 rings (SSSR count). The number of anilines is 2. The summed E-state index contributed by atoms with van der Waals surface area (Å²) in [7, 11) is 0. The molecule has 3 N–H and O–H groups in total. The number of amides is 1. The highest BCUT2D eigenvalue weighted by Gasteiger charge is 2.17. The SMILES string of the molecule is CC.CC.CC.CC(C)(C)c1ccc(NC(=O)c2cccc(C=O)c2)c(N)n1. The second-order valence-electron chi connectivity index (χ2n) is 6.08. The molecule has 1 aromatic heterocycles. The van der Waals surface area contributed by atoms with Crippen LogP contribution in [0.25, 0.3) is 0 Å². The van der Waals surface area contributed by atoms with Crippen LogP contribution in [0.3, 0.4) is 0 Å². The van der Waals surface area contributed by atoms with Gasteiger partial charge in [0.05, 0.1) is 5.69 Å². The molecule has 0 unspecified atom stereocenters. The quantitative estimate of drug-likeness (QED) is 0.623. The molecule has 1 aromatic carbocycles. The van der Waals surface area contributed by atoms with E-state index in [9.17, 15) is 9.59 Å². The van der Waals surface area contributed by atoms with Crippen LogP contribution in [0, 0.1) is 0 Å². The highest BCUT2D eigenvalue weighted by Crippen LogP contribution is 2.25. The maximum Gasteiger partial charge on any atom is 0.255 e. The summed E-state index contributed by atoms with van der Waals surface area (Å²) in [6.07, 6.45) is 0.699. The van der Waals surface area contributed by atoms with Crippen molar-refractivity contribution in [1.29, 1.82) is 0 Å². The number of pyridine rings is 1. The fourth-order valence-electron chi connectivity index (χ4n) is 1.95. The number of nitrogen functional groups attached to an aromatic ring is 1. The van der Waals surface area contributed by atoms with Crippen LogP contribution in [-0.2, 0) is 5.41 Å². The van der Waals surface area contributed by atoms with Crippen LogP contribution in [0.2, 0.25) is 0 Å². The van der Waals surface area contributed by atoms with Crippen LogP contribution >= 0.6 is 0 Å². The van der Waals surface area contributed by atoms with E-state index in [2.05, 4.69) is 10.3 Å². The number of hydrogen-bond acceptors (Lipinski definition) is 4. The zero-order valence-electron chi connectivity index (χ0n) is 18.9. The zero-order valence-corrected chi connectivity index (χ0v) is 18.9. The summed E-state index contributed by atoms with van der Waals surface area (Å²) in [6.45, 7) is 18.1. The van der Waals surface area contributed by atoms with Crippen LogP contribution in [0.5, 0.6) is 0 Å². The van der Waals surface area contributed by atoms with E-state index in [4.69, 9.17) is 5.73 Å². The first-order chi connectivity index (χ1) is 13.3. The average molecular weight is 388 g/mol. The second kappa shape index (κ2) is 14.4. The fraction of sp³-hybridized carbons (Fsp3) is 0.435. The van der Waals surface area contributed by atoms with Gasteiger partial charge in [-0.25, -0.2) is 4.98 Å². The standard InChI is InChI=1S/C17H19N3O2.3C2H6/c1-17(2,3)14-8-7-13(15(18)20-14)19-16(22)12-6-4-5-11(9-12)10-21;3*1-2/h4-10H,1-3H3,(H2,18,20)(H,19,22);3*1-2H3. The van der Waals surface area contributed by atoms with Gasteiger partial charge >= 0.3 is 0 Å². The summed E-state index contributed by atoms with van der Waals surface area (Å²) in [6, 6.07) is 10.0. The van der Waals surface area contributed by atoms with Crippen molar-refractivity contribution in [2.75, 3.05) is 11.1 Å². The van der Waals surface area contributed by atoms with Gasteiger partial charge in [0.1, 0.15) is 12.1 Å². The fourth-order valence-corrected chi connectivity index (χ4v) is 1.95. The molecule has 1 heterocycles.